The molecule has 0 saturated carbocycles. The van der Waals surface area contributed by atoms with Crippen LogP contribution in [-0.2, 0) is 6.54 Å². The lowest BCUT2D eigenvalue weighted by molar-refractivity contribution is -0.385. The molecule has 1 aliphatic rings. The number of carbonyl (C=O) groups is 1. The number of amides is 1. The number of nitrogens with zero attached hydrogens (tertiary/aromatic N) is 3. The van der Waals surface area contributed by atoms with Gasteiger partial charge in [-0.15, -0.1) is 0 Å². The second-order valence-corrected chi connectivity index (χ2v) is 6.56. The van der Waals surface area contributed by atoms with Gasteiger partial charge in [-0.3, -0.25) is 19.8 Å². The molecule has 1 amide bonds. The summed E-state index contributed by atoms with van der Waals surface area (Å²) in [6, 6.07) is 10.7. The van der Waals surface area contributed by atoms with Crippen LogP contribution >= 0.6 is 11.6 Å². The highest BCUT2D eigenvalue weighted by Gasteiger charge is 2.25. The van der Waals surface area contributed by atoms with Crippen molar-refractivity contribution in [3.8, 4) is 0 Å². The van der Waals surface area contributed by atoms with Crippen LogP contribution in [0.3, 0.4) is 0 Å². The Morgan fingerprint density at radius 3 is 2.50 bits per heavy atom. The van der Waals surface area contributed by atoms with Crippen molar-refractivity contribution in [3.63, 3.8) is 0 Å². The first-order chi connectivity index (χ1) is 12.4. The number of nitro groups is 1. The molecule has 6 nitrogen and oxygen atoms in total. The molecule has 1 heterocycles. The van der Waals surface area contributed by atoms with Gasteiger partial charge in [-0.25, -0.2) is 4.39 Å². The predicted octanol–water partition coefficient (Wildman–Crippen LogP) is 3.35. The van der Waals surface area contributed by atoms with E-state index in [9.17, 15) is 19.3 Å². The van der Waals surface area contributed by atoms with Crippen LogP contribution in [0.2, 0.25) is 5.02 Å². The Hall–Kier alpha value is -2.51. The zero-order valence-electron chi connectivity index (χ0n) is 13.9. The monoisotopic (exact) mass is 377 g/mol. The fraction of sp³-hybridized carbons (Fsp3) is 0.278. The van der Waals surface area contributed by atoms with Gasteiger partial charge in [-0.1, -0.05) is 23.7 Å². The van der Waals surface area contributed by atoms with Crippen LogP contribution < -0.4 is 0 Å². The molecule has 2 aromatic rings. The molecule has 0 atom stereocenters. The Kier molecular flexibility index (Phi) is 5.49. The summed E-state index contributed by atoms with van der Waals surface area (Å²) < 4.78 is 14.0. The highest BCUT2D eigenvalue weighted by atomic mass is 35.5. The molecule has 1 aliphatic heterocycles. The first kappa shape index (κ1) is 18.3. The zero-order valence-corrected chi connectivity index (χ0v) is 14.7. The standard InChI is InChI=1S/C18H17ClFN3O3/c19-14-3-1-2-13(10-14)12-21-6-8-22(9-7-21)18(24)16-5-4-15(23(25)26)11-17(16)20/h1-5,10-11H,6-9,12H2. The van der Waals surface area contributed by atoms with Gasteiger partial charge in [0.25, 0.3) is 11.6 Å². The SMILES string of the molecule is O=C(c1ccc([N+](=O)[O-])cc1F)N1CCN(Cc2cccc(Cl)c2)CC1. The van der Waals surface area contributed by atoms with E-state index in [1.807, 2.05) is 24.3 Å². The Morgan fingerprint density at radius 1 is 1.15 bits per heavy atom. The summed E-state index contributed by atoms with van der Waals surface area (Å²) in [6.45, 7) is 2.99. The number of halogens is 2. The second kappa shape index (κ2) is 7.80. The van der Waals surface area contributed by atoms with Crippen molar-refractivity contribution < 1.29 is 14.1 Å². The van der Waals surface area contributed by atoms with E-state index >= 15 is 0 Å². The molecule has 3 rings (SSSR count). The van der Waals surface area contributed by atoms with Crippen LogP contribution in [0.4, 0.5) is 10.1 Å². The van der Waals surface area contributed by atoms with Crippen LogP contribution in [0.5, 0.6) is 0 Å². The van der Waals surface area contributed by atoms with Gasteiger partial charge in [0.05, 0.1) is 16.6 Å². The van der Waals surface area contributed by atoms with Crippen molar-refractivity contribution in [2.75, 3.05) is 26.2 Å². The quantitative estimate of drug-likeness (QED) is 0.605. The van der Waals surface area contributed by atoms with Crippen molar-refractivity contribution in [2.45, 2.75) is 6.54 Å². The minimum Gasteiger partial charge on any atom is -0.336 e. The van der Waals surface area contributed by atoms with E-state index in [0.29, 0.717) is 31.2 Å². The van der Waals surface area contributed by atoms with Crippen molar-refractivity contribution >= 4 is 23.2 Å². The summed E-state index contributed by atoms with van der Waals surface area (Å²) in [6.07, 6.45) is 0. The van der Waals surface area contributed by atoms with Gasteiger partial charge in [0.2, 0.25) is 0 Å². The lowest BCUT2D eigenvalue weighted by atomic mass is 10.1. The van der Waals surface area contributed by atoms with Crippen molar-refractivity contribution in [2.24, 2.45) is 0 Å². The van der Waals surface area contributed by atoms with Crippen molar-refractivity contribution in [1.82, 2.24) is 9.80 Å². The molecule has 0 bridgehead atoms. The topological polar surface area (TPSA) is 66.7 Å². The number of nitro benzene ring substituents is 1. The van der Waals surface area contributed by atoms with E-state index < -0.39 is 16.6 Å². The molecule has 136 valence electrons. The molecule has 8 heteroatoms. The Bertz CT molecular complexity index is 838. The molecule has 0 radical (unpaired) electrons. The van der Waals surface area contributed by atoms with Crippen LogP contribution in [-0.4, -0.2) is 46.8 Å². The highest BCUT2D eigenvalue weighted by Crippen LogP contribution is 2.19. The molecule has 0 unspecified atom stereocenters. The number of non-ortho nitro benzene ring substituents is 1. The van der Waals surface area contributed by atoms with Gasteiger partial charge < -0.3 is 4.90 Å². The number of rotatable bonds is 4. The van der Waals surface area contributed by atoms with E-state index in [2.05, 4.69) is 4.90 Å². The maximum atomic E-state index is 14.0. The summed E-state index contributed by atoms with van der Waals surface area (Å²) in [4.78, 5) is 26.2. The van der Waals surface area contributed by atoms with Gasteiger partial charge in [-0.2, -0.15) is 0 Å². The number of hydrogen-bond acceptors (Lipinski definition) is 4. The first-order valence-electron chi connectivity index (χ1n) is 8.14. The molecule has 0 spiro atoms. The average Bonchev–Trinajstić information content (AvgIpc) is 2.61. The van der Waals surface area contributed by atoms with Crippen LogP contribution in [0.25, 0.3) is 0 Å². The normalized spacial score (nSPS) is 15.1. The maximum Gasteiger partial charge on any atom is 0.272 e. The summed E-state index contributed by atoms with van der Waals surface area (Å²) in [5, 5.41) is 11.4. The predicted molar refractivity (Wildman–Crippen MR) is 95.7 cm³/mol. The van der Waals surface area contributed by atoms with Crippen molar-refractivity contribution in [1.29, 1.82) is 0 Å². The number of carbonyl (C=O) groups excluding carboxylic acids is 1. The van der Waals surface area contributed by atoms with Gasteiger partial charge in [0, 0.05) is 43.8 Å². The van der Waals surface area contributed by atoms with E-state index in [-0.39, 0.29) is 11.3 Å². The third kappa shape index (κ3) is 4.17. The summed E-state index contributed by atoms with van der Waals surface area (Å²) in [5.41, 5.74) is 0.586. The summed E-state index contributed by atoms with van der Waals surface area (Å²) in [5.74, 6) is -1.31. The largest absolute Gasteiger partial charge is 0.336 e. The molecule has 0 aromatic heterocycles. The van der Waals surface area contributed by atoms with Crippen molar-refractivity contribution in [3.05, 3.63) is 74.5 Å². The Morgan fingerprint density at radius 2 is 1.88 bits per heavy atom. The number of benzene rings is 2. The second-order valence-electron chi connectivity index (χ2n) is 6.12. The van der Waals surface area contributed by atoms with E-state index in [1.54, 1.807) is 4.90 Å². The summed E-state index contributed by atoms with van der Waals surface area (Å²) >= 11 is 5.99. The van der Waals surface area contributed by atoms with Gasteiger partial charge >= 0.3 is 0 Å². The Labute approximate surface area is 154 Å². The van der Waals surface area contributed by atoms with Gasteiger partial charge in [0.15, 0.2) is 0 Å². The number of hydrogen-bond donors (Lipinski definition) is 0. The van der Waals surface area contributed by atoms with E-state index in [1.165, 1.54) is 6.07 Å². The van der Waals surface area contributed by atoms with Crippen LogP contribution in [0, 0.1) is 15.9 Å². The molecule has 1 saturated heterocycles. The maximum absolute atomic E-state index is 14.0. The van der Waals surface area contributed by atoms with Gasteiger partial charge in [-0.05, 0) is 23.8 Å². The minimum atomic E-state index is -0.870. The fourth-order valence-electron chi connectivity index (χ4n) is 2.96. The molecule has 2 aromatic carbocycles. The van der Waals surface area contributed by atoms with Gasteiger partial charge in [0.1, 0.15) is 5.82 Å². The molecule has 0 N–H and O–H groups in total. The minimum absolute atomic E-state index is 0.140. The molecule has 0 aliphatic carbocycles. The smallest absolute Gasteiger partial charge is 0.272 e. The highest BCUT2D eigenvalue weighted by molar-refractivity contribution is 6.30. The first-order valence-corrected chi connectivity index (χ1v) is 8.52. The van der Waals surface area contributed by atoms with Crippen LogP contribution in [0.1, 0.15) is 15.9 Å². The molecular weight excluding hydrogens is 361 g/mol. The van der Waals surface area contributed by atoms with E-state index in [4.69, 9.17) is 11.6 Å². The van der Waals surface area contributed by atoms with E-state index in [0.717, 1.165) is 24.2 Å². The molecule has 1 fully saturated rings. The summed E-state index contributed by atoms with van der Waals surface area (Å²) in [7, 11) is 0. The third-order valence-corrected chi connectivity index (χ3v) is 4.58. The lowest BCUT2D eigenvalue weighted by Crippen LogP contribution is -2.48. The fourth-order valence-corrected chi connectivity index (χ4v) is 3.18. The Balaban J connectivity index is 1.61. The third-order valence-electron chi connectivity index (χ3n) is 4.35. The number of piperazine rings is 1. The van der Waals surface area contributed by atoms with Crippen LogP contribution in [0.15, 0.2) is 42.5 Å². The zero-order chi connectivity index (χ0) is 18.7. The lowest BCUT2D eigenvalue weighted by Gasteiger charge is -2.34. The molecular formula is C18H17ClFN3O3. The average molecular weight is 378 g/mol. The molecule has 26 heavy (non-hydrogen) atoms.